The van der Waals surface area contributed by atoms with E-state index < -0.39 is 34.5 Å². The summed E-state index contributed by atoms with van der Waals surface area (Å²) in [4.78, 5) is 36.2. The average Bonchev–Trinajstić information content (AvgIpc) is 3.05. The summed E-state index contributed by atoms with van der Waals surface area (Å²) in [5.74, 6) is -2.08. The van der Waals surface area contributed by atoms with Crippen molar-refractivity contribution in [3.63, 3.8) is 0 Å². The van der Waals surface area contributed by atoms with Crippen LogP contribution in [0.3, 0.4) is 0 Å². The molecule has 2 aliphatic rings. The van der Waals surface area contributed by atoms with Gasteiger partial charge in [-0.05, 0) is 12.5 Å². The van der Waals surface area contributed by atoms with Crippen molar-refractivity contribution in [2.24, 2.45) is 11.3 Å². The van der Waals surface area contributed by atoms with Gasteiger partial charge in [-0.15, -0.1) is 0 Å². The molecule has 112 valence electrons. The molecule has 1 aromatic carbocycles. The number of carbonyl (C=O) groups excluding carboxylic acids is 3. The van der Waals surface area contributed by atoms with E-state index in [9.17, 15) is 14.4 Å². The number of fused-ring (bicyclic) bond motifs is 1. The van der Waals surface area contributed by atoms with Gasteiger partial charge in [0.25, 0.3) is 0 Å². The van der Waals surface area contributed by atoms with Crippen LogP contribution in [0.2, 0.25) is 0 Å². The van der Waals surface area contributed by atoms with Crippen molar-refractivity contribution in [1.82, 2.24) is 5.32 Å². The third-order valence-corrected chi connectivity index (χ3v) is 4.47. The van der Waals surface area contributed by atoms with Gasteiger partial charge in [0.05, 0.1) is 18.4 Å². The van der Waals surface area contributed by atoms with Crippen LogP contribution in [-0.4, -0.2) is 24.9 Å². The summed E-state index contributed by atoms with van der Waals surface area (Å²) < 4.78 is 4.75. The summed E-state index contributed by atoms with van der Waals surface area (Å²) in [6.07, 6.45) is 0. The molecule has 1 saturated heterocycles. The van der Waals surface area contributed by atoms with Crippen molar-refractivity contribution < 1.29 is 19.1 Å². The van der Waals surface area contributed by atoms with Crippen molar-refractivity contribution in [3.05, 3.63) is 35.9 Å². The number of hydrogen-bond donors (Lipinski definition) is 1. The van der Waals surface area contributed by atoms with Gasteiger partial charge in [-0.3, -0.25) is 19.7 Å². The third-order valence-electron chi connectivity index (χ3n) is 4.47. The minimum Gasteiger partial charge on any atom is -0.469 e. The Kier molecular flexibility index (Phi) is 3.61. The maximum atomic E-state index is 12.2. The maximum absolute atomic E-state index is 12.2. The number of rotatable bonds is 2. The van der Waals surface area contributed by atoms with Crippen LogP contribution in [0.4, 0.5) is 0 Å². The number of hydrogen-bond acceptors (Lipinski definition) is 4. The molecule has 21 heavy (non-hydrogen) atoms. The molecule has 1 aromatic rings. The predicted octanol–water partition coefficient (Wildman–Crippen LogP) is 1.42. The Morgan fingerprint density at radius 3 is 2.24 bits per heavy atom. The molecule has 5 nitrogen and oxygen atoms in total. The highest BCUT2D eigenvalue weighted by molar-refractivity contribution is 6.22. The third kappa shape index (κ3) is 1.60. The molecule has 5 heteroatoms. The quantitative estimate of drug-likeness (QED) is 0.660. The van der Waals surface area contributed by atoms with Gasteiger partial charge >= 0.3 is 5.97 Å². The van der Waals surface area contributed by atoms with E-state index in [1.54, 1.807) is 31.2 Å². The van der Waals surface area contributed by atoms with E-state index in [4.69, 9.17) is 4.74 Å². The lowest BCUT2D eigenvalue weighted by atomic mass is 9.88. The van der Waals surface area contributed by atoms with E-state index in [0.717, 1.165) is 0 Å². The van der Waals surface area contributed by atoms with Crippen LogP contribution in [0.15, 0.2) is 30.3 Å². The zero-order valence-electron chi connectivity index (χ0n) is 12.6. The molecule has 1 saturated carbocycles. The summed E-state index contributed by atoms with van der Waals surface area (Å²) in [5, 5.41) is 2.32. The number of benzene rings is 1. The number of imide groups is 1. The van der Waals surface area contributed by atoms with Crippen molar-refractivity contribution in [3.8, 4) is 0 Å². The molecular formula is C16H19NO4. The van der Waals surface area contributed by atoms with Crippen LogP contribution in [0, 0.1) is 11.3 Å². The van der Waals surface area contributed by atoms with Crippen LogP contribution in [0.5, 0.6) is 0 Å². The zero-order chi connectivity index (χ0) is 15.8. The molecule has 3 unspecified atom stereocenters. The Morgan fingerprint density at radius 1 is 1.14 bits per heavy atom. The van der Waals surface area contributed by atoms with E-state index in [-0.39, 0.29) is 0 Å². The SMILES string of the molecule is CC.COC(=O)C1C2(C)C(=O)NC(=O)C12c1ccccc1. The van der Waals surface area contributed by atoms with Gasteiger partial charge in [-0.1, -0.05) is 44.2 Å². The van der Waals surface area contributed by atoms with Gasteiger partial charge in [0.2, 0.25) is 11.8 Å². The average molecular weight is 289 g/mol. The number of ether oxygens (including phenoxy) is 1. The van der Waals surface area contributed by atoms with Crippen molar-refractivity contribution in [1.29, 1.82) is 0 Å². The molecule has 1 N–H and O–H groups in total. The highest BCUT2D eigenvalue weighted by Gasteiger charge is 2.89. The van der Waals surface area contributed by atoms with Gasteiger partial charge in [0.15, 0.2) is 0 Å². The second kappa shape index (κ2) is 4.98. The Bertz CT molecular complexity index is 598. The van der Waals surface area contributed by atoms with E-state index in [1.807, 2.05) is 19.9 Å². The molecule has 1 heterocycles. The summed E-state index contributed by atoms with van der Waals surface area (Å²) in [5.41, 5.74) is -1.48. The van der Waals surface area contributed by atoms with Crippen LogP contribution in [0.1, 0.15) is 26.3 Å². The number of amides is 2. The molecule has 3 atom stereocenters. The molecule has 0 spiro atoms. The molecule has 0 aromatic heterocycles. The van der Waals surface area contributed by atoms with Crippen LogP contribution in [-0.2, 0) is 24.5 Å². The molecule has 3 rings (SSSR count). The van der Waals surface area contributed by atoms with Gasteiger partial charge < -0.3 is 4.74 Å². The first-order chi connectivity index (χ1) is 10.0. The molecule has 2 amide bonds. The fourth-order valence-corrected chi connectivity index (χ4v) is 3.46. The molecule has 1 aliphatic carbocycles. The number of esters is 1. The van der Waals surface area contributed by atoms with Crippen LogP contribution >= 0.6 is 0 Å². The number of nitrogens with one attached hydrogen (secondary N) is 1. The summed E-state index contributed by atoms with van der Waals surface area (Å²) >= 11 is 0. The molecule has 0 radical (unpaired) electrons. The monoisotopic (exact) mass is 289 g/mol. The lowest BCUT2D eigenvalue weighted by molar-refractivity contribution is -0.147. The standard InChI is InChI=1S/C14H13NO4.C2H6/c1-13-9(10(16)19-2)14(13,12(18)15-11(13)17)8-6-4-3-5-7-8;1-2/h3-7,9H,1-2H3,(H,15,17,18);1-2H3. The lowest BCUT2D eigenvalue weighted by Crippen LogP contribution is -2.36. The highest BCUT2D eigenvalue weighted by Crippen LogP contribution is 2.72. The minimum atomic E-state index is -1.11. The largest absolute Gasteiger partial charge is 0.469 e. The van der Waals surface area contributed by atoms with Gasteiger partial charge in [-0.2, -0.15) is 0 Å². The maximum Gasteiger partial charge on any atom is 0.311 e. The fourth-order valence-electron chi connectivity index (χ4n) is 3.46. The van der Waals surface area contributed by atoms with E-state index in [1.165, 1.54) is 7.11 Å². The number of piperidine rings is 1. The first-order valence-corrected chi connectivity index (χ1v) is 7.00. The molecular weight excluding hydrogens is 270 g/mol. The zero-order valence-corrected chi connectivity index (χ0v) is 12.6. The van der Waals surface area contributed by atoms with Crippen molar-refractivity contribution >= 4 is 17.8 Å². The fraction of sp³-hybridized carbons (Fsp3) is 0.438. The molecule has 2 fully saturated rings. The molecule has 1 aliphatic heterocycles. The number of carbonyl (C=O) groups is 3. The minimum absolute atomic E-state index is 0.406. The van der Waals surface area contributed by atoms with Crippen LogP contribution in [0.25, 0.3) is 0 Å². The first-order valence-electron chi connectivity index (χ1n) is 7.00. The van der Waals surface area contributed by atoms with E-state index in [2.05, 4.69) is 5.32 Å². The lowest BCUT2D eigenvalue weighted by Gasteiger charge is -2.12. The molecule has 0 bridgehead atoms. The number of methoxy groups -OCH3 is 1. The second-order valence-corrected chi connectivity index (χ2v) is 5.12. The van der Waals surface area contributed by atoms with Gasteiger partial charge in [0, 0.05) is 0 Å². The Balaban J connectivity index is 0.000000774. The normalized spacial score (nSPS) is 32.5. The summed E-state index contributed by atoms with van der Waals surface area (Å²) in [6.45, 7) is 5.64. The summed E-state index contributed by atoms with van der Waals surface area (Å²) in [7, 11) is 1.26. The van der Waals surface area contributed by atoms with E-state index in [0.29, 0.717) is 5.56 Å². The van der Waals surface area contributed by atoms with Gasteiger partial charge in [-0.25, -0.2) is 0 Å². The summed E-state index contributed by atoms with van der Waals surface area (Å²) in [6, 6.07) is 8.92. The topological polar surface area (TPSA) is 72.5 Å². The van der Waals surface area contributed by atoms with Crippen molar-refractivity contribution in [2.45, 2.75) is 26.2 Å². The Hall–Kier alpha value is -2.17. The van der Waals surface area contributed by atoms with Crippen molar-refractivity contribution in [2.75, 3.05) is 7.11 Å². The van der Waals surface area contributed by atoms with E-state index >= 15 is 0 Å². The smallest absolute Gasteiger partial charge is 0.311 e. The first kappa shape index (κ1) is 15.2. The van der Waals surface area contributed by atoms with Crippen LogP contribution < -0.4 is 5.32 Å². The Morgan fingerprint density at radius 2 is 1.71 bits per heavy atom. The Labute approximate surface area is 123 Å². The predicted molar refractivity (Wildman–Crippen MR) is 76.2 cm³/mol. The second-order valence-electron chi connectivity index (χ2n) is 5.12. The highest BCUT2D eigenvalue weighted by atomic mass is 16.5. The van der Waals surface area contributed by atoms with Gasteiger partial charge in [0.1, 0.15) is 5.41 Å².